The Morgan fingerprint density at radius 3 is 2.64 bits per heavy atom. The Morgan fingerprint density at radius 1 is 1.15 bits per heavy atom. The van der Waals surface area contributed by atoms with Crippen molar-refractivity contribution in [1.29, 1.82) is 0 Å². The molecule has 14 heteroatoms. The molecule has 0 aliphatic heterocycles. The number of hydrogen-bond donors (Lipinski definition) is 3. The van der Waals surface area contributed by atoms with Crippen molar-refractivity contribution in [3.05, 3.63) is 42.1 Å². The molecule has 0 bridgehead atoms. The lowest BCUT2D eigenvalue weighted by molar-refractivity contribution is -0.135. The van der Waals surface area contributed by atoms with Gasteiger partial charge in [-0.25, -0.2) is 9.78 Å². The van der Waals surface area contributed by atoms with E-state index in [0.29, 0.717) is 72.3 Å². The van der Waals surface area contributed by atoms with E-state index in [0.717, 1.165) is 11.1 Å². The molecular formula is C33H45N9O5. The number of nitrogens with one attached hydrogen (secondary N) is 3. The molecule has 0 unspecified atom stereocenters. The fourth-order valence-electron chi connectivity index (χ4n) is 4.22. The lowest BCUT2D eigenvalue weighted by atomic mass is 10.2. The zero-order chi connectivity index (χ0) is 34.3. The van der Waals surface area contributed by atoms with Crippen LogP contribution in [-0.2, 0) is 14.3 Å². The van der Waals surface area contributed by atoms with E-state index in [9.17, 15) is 14.4 Å². The number of benzene rings is 1. The number of unbranched alkanes of at least 4 members (excludes halogenated alkanes) is 1. The van der Waals surface area contributed by atoms with Crippen molar-refractivity contribution in [2.24, 2.45) is 0 Å². The largest absolute Gasteiger partial charge is 0.479 e. The molecule has 1 atom stereocenters. The molecule has 0 aliphatic carbocycles. The summed E-state index contributed by atoms with van der Waals surface area (Å²) in [6.45, 7) is 7.46. The summed E-state index contributed by atoms with van der Waals surface area (Å²) in [7, 11) is 6.93. The van der Waals surface area contributed by atoms with Gasteiger partial charge in [-0.05, 0) is 59.0 Å². The quantitative estimate of drug-likeness (QED) is 0.126. The predicted octanol–water partition coefficient (Wildman–Crippen LogP) is 3.62. The number of carbonyl (C=O) groups excluding carboxylic acids is 3. The summed E-state index contributed by atoms with van der Waals surface area (Å²) in [6.07, 6.45) is 6.36. The predicted molar refractivity (Wildman–Crippen MR) is 182 cm³/mol. The third kappa shape index (κ3) is 10.4. The van der Waals surface area contributed by atoms with Crippen LogP contribution >= 0.6 is 0 Å². The molecule has 2 heterocycles. The van der Waals surface area contributed by atoms with Gasteiger partial charge in [-0.3, -0.25) is 9.59 Å². The van der Waals surface area contributed by atoms with Crippen LogP contribution in [-0.4, -0.2) is 108 Å². The highest BCUT2D eigenvalue weighted by Gasteiger charge is 2.21. The van der Waals surface area contributed by atoms with Crippen molar-refractivity contribution in [2.45, 2.75) is 46.1 Å². The van der Waals surface area contributed by atoms with E-state index in [4.69, 9.17) is 9.47 Å². The Kier molecular flexibility index (Phi) is 14.0. The number of nitrogens with zero attached hydrogens (tertiary/aromatic N) is 6. The summed E-state index contributed by atoms with van der Waals surface area (Å²) in [5, 5.41) is 14.2. The highest BCUT2D eigenvalue weighted by molar-refractivity contribution is 5.94. The number of rotatable bonds is 15. The van der Waals surface area contributed by atoms with Crippen molar-refractivity contribution in [2.75, 3.05) is 65.1 Å². The van der Waals surface area contributed by atoms with Crippen molar-refractivity contribution in [1.82, 2.24) is 34.9 Å². The zero-order valence-electron chi connectivity index (χ0n) is 28.2. The van der Waals surface area contributed by atoms with E-state index in [1.807, 2.05) is 25.1 Å². The Balaban J connectivity index is 1.62. The lowest BCUT2D eigenvalue weighted by Gasteiger charge is -2.23. The molecule has 3 N–H and O–H groups in total. The lowest BCUT2D eigenvalue weighted by Crippen LogP contribution is -2.45. The van der Waals surface area contributed by atoms with Crippen LogP contribution in [0.4, 0.5) is 22.2 Å². The summed E-state index contributed by atoms with van der Waals surface area (Å²) >= 11 is 0. The number of hydrogen-bond acceptors (Lipinski definition) is 11. The second-order valence-electron chi connectivity index (χ2n) is 10.8. The standard InChI is InChI=1S/C33H45N9O5/c1-8-18-34-29-24(14-11-10-12-19-35-30(44)23(3)41(6)28(43)15-13-20-40(4)5)22-36-32(38-29)37-25-16-17-26-27(21-25)42(33(45)47-9-2)39-31(26)46-7/h13,15-17,21-23H,8-10,12,18-20H2,1-7H3,(H,35,44)(H2,34,36,37,38)/t23-/m0/s1. The van der Waals surface area contributed by atoms with Crippen LogP contribution in [0.5, 0.6) is 5.88 Å². The molecule has 14 nitrogen and oxygen atoms in total. The molecule has 3 rings (SSSR count). The Bertz CT molecular complexity index is 1620. The summed E-state index contributed by atoms with van der Waals surface area (Å²) < 4.78 is 11.6. The molecule has 0 radical (unpaired) electrons. The van der Waals surface area contributed by atoms with Gasteiger partial charge in [-0.2, -0.15) is 9.67 Å². The maximum atomic E-state index is 12.6. The van der Waals surface area contributed by atoms with Crippen molar-refractivity contribution in [3.63, 3.8) is 0 Å². The minimum Gasteiger partial charge on any atom is -0.479 e. The van der Waals surface area contributed by atoms with Gasteiger partial charge in [0.15, 0.2) is 0 Å². The molecule has 2 aromatic heterocycles. The average molecular weight is 648 g/mol. The van der Waals surface area contributed by atoms with Crippen molar-refractivity contribution >= 4 is 46.3 Å². The van der Waals surface area contributed by atoms with Gasteiger partial charge in [0, 0.05) is 44.9 Å². The maximum Gasteiger partial charge on any atom is 0.435 e. The molecule has 0 spiro atoms. The molecular weight excluding hydrogens is 602 g/mol. The van der Waals surface area contributed by atoms with Crippen LogP contribution < -0.4 is 20.7 Å². The first-order chi connectivity index (χ1) is 22.6. The van der Waals surface area contributed by atoms with E-state index in [2.05, 4.69) is 49.8 Å². The first-order valence-corrected chi connectivity index (χ1v) is 15.6. The van der Waals surface area contributed by atoms with Gasteiger partial charge >= 0.3 is 6.09 Å². The van der Waals surface area contributed by atoms with Crippen molar-refractivity contribution < 1.29 is 23.9 Å². The van der Waals surface area contributed by atoms with Crippen LogP contribution in [0.15, 0.2) is 36.5 Å². The summed E-state index contributed by atoms with van der Waals surface area (Å²) in [5.41, 5.74) is 1.79. The number of anilines is 3. The molecule has 0 fully saturated rings. The SMILES string of the molecule is CCCNc1nc(Nc2ccc3c(OC)nn(C(=O)OCC)c3c2)ncc1C#CCCCNC(=O)[C@H](C)N(C)C(=O)C=CCN(C)C. The number of methoxy groups -OCH3 is 1. The van der Waals surface area contributed by atoms with Gasteiger partial charge in [0.25, 0.3) is 0 Å². The molecule has 1 aromatic carbocycles. The first-order valence-electron chi connectivity index (χ1n) is 15.6. The van der Waals surface area contributed by atoms with Gasteiger partial charge in [-0.15, -0.1) is 5.10 Å². The Labute approximate surface area is 275 Å². The smallest absolute Gasteiger partial charge is 0.435 e. The Hall–Kier alpha value is -5.16. The second-order valence-corrected chi connectivity index (χ2v) is 10.8. The first kappa shape index (κ1) is 36.3. The minimum absolute atomic E-state index is 0.212. The van der Waals surface area contributed by atoms with Gasteiger partial charge in [0.05, 0.1) is 36.4 Å². The highest BCUT2D eigenvalue weighted by atomic mass is 16.6. The number of carbonyl (C=O) groups is 3. The topological polar surface area (TPSA) is 156 Å². The number of likely N-dealkylation sites (N-methyl/N-ethyl adjacent to an activating group) is 2. The second kappa shape index (κ2) is 18.1. The highest BCUT2D eigenvalue weighted by Crippen LogP contribution is 2.29. The molecule has 3 aromatic rings. The molecule has 252 valence electrons. The molecule has 47 heavy (non-hydrogen) atoms. The van der Waals surface area contributed by atoms with E-state index < -0.39 is 12.1 Å². The van der Waals surface area contributed by atoms with Crippen molar-refractivity contribution in [3.8, 4) is 17.7 Å². The van der Waals surface area contributed by atoms with Gasteiger partial charge in [-0.1, -0.05) is 24.8 Å². The maximum absolute atomic E-state index is 12.6. The summed E-state index contributed by atoms with van der Waals surface area (Å²) in [5.74, 6) is 7.06. The monoisotopic (exact) mass is 647 g/mol. The van der Waals surface area contributed by atoms with Gasteiger partial charge < -0.3 is 35.2 Å². The fraction of sp³-hybridized carbons (Fsp3) is 0.455. The molecule has 0 saturated carbocycles. The Morgan fingerprint density at radius 2 is 1.94 bits per heavy atom. The van der Waals surface area contributed by atoms with Crippen LogP contribution in [0.3, 0.4) is 0 Å². The van der Waals surface area contributed by atoms with E-state index in [-0.39, 0.29) is 18.4 Å². The van der Waals surface area contributed by atoms with Gasteiger partial charge in [0.2, 0.25) is 23.6 Å². The minimum atomic E-state index is -0.608. The van der Waals surface area contributed by atoms with Crippen LogP contribution in [0.2, 0.25) is 0 Å². The number of fused-ring (bicyclic) bond motifs is 1. The average Bonchev–Trinajstić information content (AvgIpc) is 3.43. The number of amides is 2. The van der Waals surface area contributed by atoms with E-state index in [1.165, 1.54) is 18.1 Å². The summed E-state index contributed by atoms with van der Waals surface area (Å²) in [6, 6.07) is 4.76. The van der Waals surface area contributed by atoms with Crippen LogP contribution in [0.1, 0.15) is 45.6 Å². The molecule has 2 amide bonds. The third-order valence-corrected chi connectivity index (χ3v) is 6.91. The van der Waals surface area contributed by atoms with Crippen LogP contribution in [0, 0.1) is 11.8 Å². The zero-order valence-corrected chi connectivity index (χ0v) is 28.2. The normalized spacial score (nSPS) is 11.6. The number of ether oxygens (including phenoxy) is 2. The third-order valence-electron chi connectivity index (χ3n) is 6.91. The molecule has 0 aliphatic rings. The van der Waals surface area contributed by atoms with E-state index in [1.54, 1.807) is 45.3 Å². The van der Waals surface area contributed by atoms with E-state index >= 15 is 0 Å². The summed E-state index contributed by atoms with van der Waals surface area (Å²) in [4.78, 5) is 49.8. The van der Waals surface area contributed by atoms with Crippen LogP contribution in [0.25, 0.3) is 10.9 Å². The number of aromatic nitrogens is 4. The van der Waals surface area contributed by atoms with Gasteiger partial charge in [0.1, 0.15) is 11.9 Å². The molecule has 0 saturated heterocycles. The fourth-order valence-corrected chi connectivity index (χ4v) is 4.22.